The average molecular weight is 224 g/mol. The zero-order valence-corrected chi connectivity index (χ0v) is 10.3. The van der Waals surface area contributed by atoms with E-state index in [0.717, 1.165) is 45.2 Å². The Hall–Kier alpha value is -0.830. The molecule has 2 N–H and O–H groups in total. The van der Waals surface area contributed by atoms with Crippen LogP contribution < -0.4 is 5.73 Å². The van der Waals surface area contributed by atoms with Crippen molar-refractivity contribution in [1.82, 2.24) is 4.90 Å². The van der Waals surface area contributed by atoms with Crippen molar-refractivity contribution >= 4 is 5.91 Å². The molecule has 1 saturated heterocycles. The standard InChI is InChI=1S/C13H24N2O/c1-3-12-8-6-10-15(12)13(16)11(2)7-4-5-9-14/h3,11-12H,1,4-10,14H2,2H3. The van der Waals surface area contributed by atoms with E-state index in [1.54, 1.807) is 0 Å². The molecule has 0 aromatic rings. The molecular weight excluding hydrogens is 200 g/mol. The van der Waals surface area contributed by atoms with Crippen molar-refractivity contribution in [3.8, 4) is 0 Å². The van der Waals surface area contributed by atoms with Gasteiger partial charge in [0.05, 0.1) is 0 Å². The summed E-state index contributed by atoms with van der Waals surface area (Å²) in [6, 6.07) is 0.268. The molecule has 0 radical (unpaired) electrons. The van der Waals surface area contributed by atoms with Crippen LogP contribution in [0.25, 0.3) is 0 Å². The Balaban J connectivity index is 2.40. The molecule has 1 heterocycles. The Kier molecular flexibility index (Phi) is 5.53. The molecule has 1 rings (SSSR count). The maximum absolute atomic E-state index is 12.2. The molecule has 0 spiro atoms. The Morgan fingerprint density at radius 1 is 1.62 bits per heavy atom. The fraction of sp³-hybridized carbons (Fsp3) is 0.769. The highest BCUT2D eigenvalue weighted by Crippen LogP contribution is 2.22. The van der Waals surface area contributed by atoms with Crippen molar-refractivity contribution in [3.63, 3.8) is 0 Å². The molecule has 0 saturated carbocycles. The molecule has 3 nitrogen and oxygen atoms in total. The van der Waals surface area contributed by atoms with Crippen LogP contribution >= 0.6 is 0 Å². The van der Waals surface area contributed by atoms with E-state index in [-0.39, 0.29) is 12.0 Å². The fourth-order valence-corrected chi connectivity index (χ4v) is 2.31. The fourth-order valence-electron chi connectivity index (χ4n) is 2.31. The van der Waals surface area contributed by atoms with Gasteiger partial charge in [0.1, 0.15) is 0 Å². The number of nitrogens with zero attached hydrogens (tertiary/aromatic N) is 1. The topological polar surface area (TPSA) is 46.3 Å². The summed E-state index contributed by atoms with van der Waals surface area (Å²) < 4.78 is 0. The minimum Gasteiger partial charge on any atom is -0.336 e. The summed E-state index contributed by atoms with van der Waals surface area (Å²) in [7, 11) is 0. The van der Waals surface area contributed by atoms with Crippen LogP contribution in [0.1, 0.15) is 39.0 Å². The number of nitrogens with two attached hydrogens (primary N) is 1. The van der Waals surface area contributed by atoms with Gasteiger partial charge < -0.3 is 10.6 Å². The van der Waals surface area contributed by atoms with Gasteiger partial charge in [-0.1, -0.05) is 19.4 Å². The molecule has 3 heteroatoms. The lowest BCUT2D eigenvalue weighted by atomic mass is 10.0. The molecule has 16 heavy (non-hydrogen) atoms. The molecule has 92 valence electrons. The van der Waals surface area contributed by atoms with Gasteiger partial charge in [-0.15, -0.1) is 6.58 Å². The molecule has 1 aliphatic rings. The van der Waals surface area contributed by atoms with Crippen LogP contribution in [0.2, 0.25) is 0 Å². The van der Waals surface area contributed by atoms with Crippen LogP contribution in [0.5, 0.6) is 0 Å². The zero-order chi connectivity index (χ0) is 12.0. The third-order valence-electron chi connectivity index (χ3n) is 3.37. The van der Waals surface area contributed by atoms with E-state index in [9.17, 15) is 4.79 Å². The van der Waals surface area contributed by atoms with Gasteiger partial charge in [-0.3, -0.25) is 4.79 Å². The lowest BCUT2D eigenvalue weighted by Crippen LogP contribution is -2.37. The van der Waals surface area contributed by atoms with Crippen molar-refractivity contribution in [2.75, 3.05) is 13.1 Å². The van der Waals surface area contributed by atoms with Gasteiger partial charge >= 0.3 is 0 Å². The number of hydrogen-bond donors (Lipinski definition) is 1. The second-order valence-electron chi connectivity index (χ2n) is 4.66. The van der Waals surface area contributed by atoms with Crippen molar-refractivity contribution in [2.24, 2.45) is 11.7 Å². The van der Waals surface area contributed by atoms with Gasteiger partial charge in [-0.05, 0) is 32.2 Å². The number of amides is 1. The Bertz CT molecular complexity index is 240. The van der Waals surface area contributed by atoms with E-state index in [1.165, 1.54) is 0 Å². The minimum absolute atomic E-state index is 0.132. The van der Waals surface area contributed by atoms with Gasteiger partial charge in [0, 0.05) is 18.5 Å². The summed E-state index contributed by atoms with van der Waals surface area (Å²) in [6.45, 7) is 7.45. The molecule has 2 unspecified atom stereocenters. The van der Waals surface area contributed by atoms with Gasteiger partial charge in [0.15, 0.2) is 0 Å². The molecule has 1 aliphatic heterocycles. The maximum atomic E-state index is 12.2. The number of likely N-dealkylation sites (tertiary alicyclic amines) is 1. The minimum atomic E-state index is 0.132. The lowest BCUT2D eigenvalue weighted by molar-refractivity contribution is -0.135. The van der Waals surface area contributed by atoms with Crippen molar-refractivity contribution < 1.29 is 4.79 Å². The van der Waals surface area contributed by atoms with E-state index in [4.69, 9.17) is 5.73 Å². The molecule has 2 atom stereocenters. The zero-order valence-electron chi connectivity index (χ0n) is 10.3. The van der Waals surface area contributed by atoms with Crippen LogP contribution in [-0.2, 0) is 4.79 Å². The summed E-state index contributed by atoms with van der Waals surface area (Å²) in [6.07, 6.45) is 7.11. The Labute approximate surface area is 98.7 Å². The maximum Gasteiger partial charge on any atom is 0.225 e. The first-order valence-electron chi connectivity index (χ1n) is 6.33. The van der Waals surface area contributed by atoms with Crippen molar-refractivity contribution in [3.05, 3.63) is 12.7 Å². The second-order valence-corrected chi connectivity index (χ2v) is 4.66. The van der Waals surface area contributed by atoms with Gasteiger partial charge in [0.2, 0.25) is 5.91 Å². The third kappa shape index (κ3) is 3.34. The predicted octanol–water partition coefficient (Wildman–Crippen LogP) is 1.93. The third-order valence-corrected chi connectivity index (χ3v) is 3.37. The largest absolute Gasteiger partial charge is 0.336 e. The van der Waals surface area contributed by atoms with Crippen molar-refractivity contribution in [2.45, 2.75) is 45.1 Å². The van der Waals surface area contributed by atoms with E-state index >= 15 is 0 Å². The average Bonchev–Trinajstić information content (AvgIpc) is 2.76. The highest BCUT2D eigenvalue weighted by atomic mass is 16.2. The number of hydrogen-bond acceptors (Lipinski definition) is 2. The van der Waals surface area contributed by atoms with Gasteiger partial charge in [-0.2, -0.15) is 0 Å². The van der Waals surface area contributed by atoms with Gasteiger partial charge in [-0.25, -0.2) is 0 Å². The summed E-state index contributed by atoms with van der Waals surface area (Å²) in [4.78, 5) is 14.1. The van der Waals surface area contributed by atoms with Crippen LogP contribution in [-0.4, -0.2) is 29.9 Å². The molecule has 0 aromatic carbocycles. The number of carbonyl (C=O) groups excluding carboxylic acids is 1. The van der Waals surface area contributed by atoms with E-state index in [2.05, 4.69) is 6.58 Å². The normalized spacial score (nSPS) is 22.1. The SMILES string of the molecule is C=CC1CCCN1C(=O)C(C)CCCCN. The summed E-state index contributed by atoms with van der Waals surface area (Å²) in [5.74, 6) is 0.423. The van der Waals surface area contributed by atoms with Crippen molar-refractivity contribution in [1.29, 1.82) is 0 Å². The Morgan fingerprint density at radius 3 is 3.00 bits per heavy atom. The molecule has 0 aromatic heterocycles. The summed E-state index contributed by atoms with van der Waals surface area (Å²) in [5.41, 5.74) is 5.45. The number of rotatable bonds is 6. The van der Waals surface area contributed by atoms with Crippen LogP contribution in [0.15, 0.2) is 12.7 Å². The smallest absolute Gasteiger partial charge is 0.225 e. The highest BCUT2D eigenvalue weighted by molar-refractivity contribution is 5.79. The first kappa shape index (κ1) is 13.2. The molecule has 1 amide bonds. The lowest BCUT2D eigenvalue weighted by Gasteiger charge is -2.25. The molecule has 0 aliphatic carbocycles. The second kappa shape index (κ2) is 6.69. The molecule has 0 bridgehead atoms. The van der Waals surface area contributed by atoms with Crippen LogP contribution in [0.4, 0.5) is 0 Å². The first-order chi connectivity index (χ1) is 7.70. The monoisotopic (exact) mass is 224 g/mol. The van der Waals surface area contributed by atoms with E-state index in [0.29, 0.717) is 5.91 Å². The Morgan fingerprint density at radius 2 is 2.38 bits per heavy atom. The predicted molar refractivity (Wildman–Crippen MR) is 67.0 cm³/mol. The highest BCUT2D eigenvalue weighted by Gasteiger charge is 2.28. The first-order valence-corrected chi connectivity index (χ1v) is 6.33. The molecular formula is C13H24N2O. The van der Waals surface area contributed by atoms with Crippen LogP contribution in [0.3, 0.4) is 0 Å². The quantitative estimate of drug-likeness (QED) is 0.553. The summed E-state index contributed by atoms with van der Waals surface area (Å²) in [5, 5.41) is 0. The van der Waals surface area contributed by atoms with E-state index < -0.39 is 0 Å². The van der Waals surface area contributed by atoms with Gasteiger partial charge in [0.25, 0.3) is 0 Å². The van der Waals surface area contributed by atoms with E-state index in [1.807, 2.05) is 17.9 Å². The number of carbonyl (C=O) groups is 1. The van der Waals surface area contributed by atoms with Crippen LogP contribution in [0, 0.1) is 5.92 Å². The molecule has 1 fully saturated rings. The summed E-state index contributed by atoms with van der Waals surface area (Å²) >= 11 is 0. The number of unbranched alkanes of at least 4 members (excludes halogenated alkanes) is 1.